The van der Waals surface area contributed by atoms with Crippen LogP contribution in [0.5, 0.6) is 0 Å². The molecule has 0 bridgehead atoms. The third-order valence-corrected chi connectivity index (χ3v) is 2.80. The van der Waals surface area contributed by atoms with E-state index in [1.165, 1.54) is 0 Å². The summed E-state index contributed by atoms with van der Waals surface area (Å²) >= 11 is 0. The summed E-state index contributed by atoms with van der Waals surface area (Å²) < 4.78 is 5.39. The number of carboxylic acids is 1. The third kappa shape index (κ3) is 5.68. The number of rotatable bonds is 8. The molecule has 0 aliphatic heterocycles. The highest BCUT2D eigenvalue weighted by Crippen LogP contribution is 2.14. The fraction of sp³-hybridized carbons (Fsp3) is 0.400. The molecule has 104 valence electrons. The Labute approximate surface area is 113 Å². The van der Waals surface area contributed by atoms with Crippen LogP contribution >= 0.6 is 0 Å². The molecule has 1 unspecified atom stereocenters. The lowest BCUT2D eigenvalue weighted by Gasteiger charge is -2.14. The average Bonchev–Trinajstić information content (AvgIpc) is 2.42. The summed E-state index contributed by atoms with van der Waals surface area (Å²) in [6.07, 6.45) is 4.01. The minimum absolute atomic E-state index is 0.000964. The topological polar surface area (TPSA) is 66.8 Å². The predicted molar refractivity (Wildman–Crippen MR) is 73.9 cm³/mol. The Morgan fingerprint density at radius 3 is 2.79 bits per heavy atom. The van der Waals surface area contributed by atoms with Crippen LogP contribution < -0.4 is 0 Å². The van der Waals surface area contributed by atoms with Crippen molar-refractivity contribution in [2.45, 2.75) is 25.9 Å². The minimum atomic E-state index is -0.961. The van der Waals surface area contributed by atoms with Crippen molar-refractivity contribution in [1.82, 2.24) is 0 Å². The lowest BCUT2D eigenvalue weighted by Crippen LogP contribution is -2.18. The third-order valence-electron chi connectivity index (χ3n) is 2.80. The first-order chi connectivity index (χ1) is 9.17. The smallest absolute Gasteiger partial charge is 0.328 e. The molecule has 19 heavy (non-hydrogen) atoms. The van der Waals surface area contributed by atoms with Crippen molar-refractivity contribution in [3.05, 3.63) is 41.5 Å². The minimum Gasteiger partial charge on any atom is -0.478 e. The lowest BCUT2D eigenvalue weighted by molar-refractivity contribution is -0.131. The number of carbonyl (C=O) groups is 1. The van der Waals surface area contributed by atoms with Gasteiger partial charge in [-0.1, -0.05) is 24.3 Å². The molecule has 0 heterocycles. The first kappa shape index (κ1) is 15.4. The Kier molecular flexibility index (Phi) is 6.85. The van der Waals surface area contributed by atoms with E-state index in [9.17, 15) is 4.79 Å². The zero-order valence-electron chi connectivity index (χ0n) is 11.1. The summed E-state index contributed by atoms with van der Waals surface area (Å²) in [6.45, 7) is 2.47. The number of carboxylic acid groups (broad SMARTS) is 1. The van der Waals surface area contributed by atoms with E-state index in [2.05, 4.69) is 0 Å². The maximum Gasteiger partial charge on any atom is 0.328 e. The molecule has 1 rings (SSSR count). The Balaban J connectivity index is 2.69. The van der Waals surface area contributed by atoms with E-state index < -0.39 is 5.97 Å². The highest BCUT2D eigenvalue weighted by Gasteiger charge is 2.08. The van der Waals surface area contributed by atoms with Gasteiger partial charge in [0.25, 0.3) is 0 Å². The van der Waals surface area contributed by atoms with Crippen LogP contribution in [-0.4, -0.2) is 35.5 Å². The molecule has 0 fully saturated rings. The van der Waals surface area contributed by atoms with Crippen LogP contribution in [0.15, 0.2) is 30.3 Å². The van der Waals surface area contributed by atoms with Crippen LogP contribution in [0.1, 0.15) is 24.5 Å². The van der Waals surface area contributed by atoms with Gasteiger partial charge in [-0.2, -0.15) is 0 Å². The van der Waals surface area contributed by atoms with E-state index in [-0.39, 0.29) is 12.7 Å². The Morgan fingerprint density at radius 2 is 2.16 bits per heavy atom. The van der Waals surface area contributed by atoms with Crippen molar-refractivity contribution in [2.24, 2.45) is 0 Å². The fourth-order valence-corrected chi connectivity index (χ4v) is 1.87. The van der Waals surface area contributed by atoms with Gasteiger partial charge in [0.1, 0.15) is 0 Å². The van der Waals surface area contributed by atoms with E-state index in [4.69, 9.17) is 14.9 Å². The molecular formula is C15H20O4. The molecule has 0 radical (unpaired) electrons. The van der Waals surface area contributed by atoms with Gasteiger partial charge in [0.15, 0.2) is 0 Å². The summed E-state index contributed by atoms with van der Waals surface area (Å²) in [5, 5.41) is 17.8. The van der Waals surface area contributed by atoms with Gasteiger partial charge in [-0.3, -0.25) is 0 Å². The van der Waals surface area contributed by atoms with Crippen LogP contribution in [-0.2, 0) is 16.0 Å². The number of hydrogen-bond acceptors (Lipinski definition) is 3. The average molecular weight is 264 g/mol. The largest absolute Gasteiger partial charge is 0.478 e. The van der Waals surface area contributed by atoms with Gasteiger partial charge in [0.05, 0.1) is 12.7 Å². The Bertz CT molecular complexity index is 426. The van der Waals surface area contributed by atoms with E-state index in [1.807, 2.05) is 31.2 Å². The van der Waals surface area contributed by atoms with E-state index in [0.29, 0.717) is 13.0 Å². The van der Waals surface area contributed by atoms with Crippen molar-refractivity contribution in [3.8, 4) is 0 Å². The van der Waals surface area contributed by atoms with Gasteiger partial charge in [0.2, 0.25) is 0 Å². The van der Waals surface area contributed by atoms with Crippen LogP contribution in [0.3, 0.4) is 0 Å². The monoisotopic (exact) mass is 264 g/mol. The number of aliphatic hydroxyl groups is 1. The quantitative estimate of drug-likeness (QED) is 0.706. The molecule has 0 aliphatic carbocycles. The second kappa shape index (κ2) is 8.45. The number of ether oxygens (including phenoxy) is 1. The van der Waals surface area contributed by atoms with E-state index >= 15 is 0 Å². The van der Waals surface area contributed by atoms with Gasteiger partial charge in [-0.15, -0.1) is 0 Å². The van der Waals surface area contributed by atoms with Crippen molar-refractivity contribution >= 4 is 12.0 Å². The summed E-state index contributed by atoms with van der Waals surface area (Å²) in [7, 11) is 0. The van der Waals surface area contributed by atoms with Crippen molar-refractivity contribution in [3.63, 3.8) is 0 Å². The molecule has 0 aliphatic rings. The van der Waals surface area contributed by atoms with Crippen molar-refractivity contribution in [1.29, 1.82) is 0 Å². The predicted octanol–water partition coefficient (Wildman–Crippen LogP) is 2.11. The molecule has 2 N–H and O–H groups in total. The number of aliphatic carboxylic acids is 1. The Morgan fingerprint density at radius 1 is 1.42 bits per heavy atom. The number of hydrogen-bond donors (Lipinski definition) is 2. The second-order valence-corrected chi connectivity index (χ2v) is 4.17. The van der Waals surface area contributed by atoms with Crippen LogP contribution in [0, 0.1) is 0 Å². The highest BCUT2D eigenvalue weighted by atomic mass is 16.5. The lowest BCUT2D eigenvalue weighted by atomic mass is 10.0. The van der Waals surface area contributed by atoms with Gasteiger partial charge >= 0.3 is 5.97 Å². The van der Waals surface area contributed by atoms with Gasteiger partial charge < -0.3 is 14.9 Å². The molecule has 0 spiro atoms. The summed E-state index contributed by atoms with van der Waals surface area (Å²) in [6, 6.07) is 7.63. The van der Waals surface area contributed by atoms with Crippen molar-refractivity contribution < 1.29 is 19.7 Å². The molecule has 4 nitrogen and oxygen atoms in total. The molecule has 0 aromatic heterocycles. The number of benzene rings is 1. The maximum absolute atomic E-state index is 10.5. The molecule has 4 heteroatoms. The number of aryl methyl sites for hydroxylation is 1. The number of aliphatic hydroxyl groups excluding tert-OH is 1. The first-order valence-electron chi connectivity index (χ1n) is 6.38. The summed E-state index contributed by atoms with van der Waals surface area (Å²) in [5.41, 5.74) is 1.94. The zero-order valence-corrected chi connectivity index (χ0v) is 11.1. The molecule has 1 aromatic carbocycles. The Hall–Kier alpha value is -1.65. The van der Waals surface area contributed by atoms with E-state index in [1.54, 1.807) is 6.08 Å². The maximum atomic E-state index is 10.5. The summed E-state index contributed by atoms with van der Waals surface area (Å²) in [4.78, 5) is 10.5. The molecule has 0 saturated carbocycles. The van der Waals surface area contributed by atoms with Gasteiger partial charge in [-0.05, 0) is 37.0 Å². The summed E-state index contributed by atoms with van der Waals surface area (Å²) in [5.74, 6) is -0.961. The molecule has 0 saturated heterocycles. The first-order valence-corrected chi connectivity index (χ1v) is 6.38. The van der Waals surface area contributed by atoms with Crippen LogP contribution in [0.25, 0.3) is 6.08 Å². The molecule has 1 aromatic rings. The normalized spacial score (nSPS) is 12.7. The standard InChI is InChI=1S/C15H20O4/c1-2-19-14(11-16)9-7-12-5-3-4-6-13(12)8-10-15(17)18/h3-6,8,10,14,16H,2,7,9,11H2,1H3,(H,17,18)/b10-8+. The second-order valence-electron chi connectivity index (χ2n) is 4.17. The SMILES string of the molecule is CCOC(CO)CCc1ccccc1/C=C/C(=O)O. The van der Waals surface area contributed by atoms with E-state index in [0.717, 1.165) is 23.6 Å². The highest BCUT2D eigenvalue weighted by molar-refractivity contribution is 5.85. The molecular weight excluding hydrogens is 244 g/mol. The van der Waals surface area contributed by atoms with Crippen LogP contribution in [0.2, 0.25) is 0 Å². The van der Waals surface area contributed by atoms with Crippen molar-refractivity contribution in [2.75, 3.05) is 13.2 Å². The molecule has 0 amide bonds. The van der Waals surface area contributed by atoms with Gasteiger partial charge in [-0.25, -0.2) is 4.79 Å². The van der Waals surface area contributed by atoms with Crippen LogP contribution in [0.4, 0.5) is 0 Å². The zero-order chi connectivity index (χ0) is 14.1. The fourth-order valence-electron chi connectivity index (χ4n) is 1.87. The van der Waals surface area contributed by atoms with Gasteiger partial charge in [0, 0.05) is 12.7 Å². The molecule has 1 atom stereocenters.